The number of carbonyl (C=O) groups is 2. The summed E-state index contributed by atoms with van der Waals surface area (Å²) in [5.74, 6) is -0.341. The average molecular weight is 372 g/mol. The van der Waals surface area contributed by atoms with Gasteiger partial charge in [0.15, 0.2) is 0 Å². The minimum atomic E-state index is -0.581. The zero-order valence-corrected chi connectivity index (χ0v) is 15.9. The van der Waals surface area contributed by atoms with E-state index in [1.54, 1.807) is 52.0 Å². The van der Waals surface area contributed by atoms with Crippen molar-refractivity contribution in [3.8, 4) is 6.07 Å². The Hall–Kier alpha value is -2.92. The van der Waals surface area contributed by atoms with E-state index in [1.807, 2.05) is 6.07 Å². The standard InChI is InChI=1S/C18H20N4O3S/c1-11-15(16(23)22-13-8-6-5-7-12(13)9-19)26-14(21-11)10-20-17(24)25-18(2,3)4/h5-8H,10H2,1-4H3,(H,20,24)(H,22,23). The van der Waals surface area contributed by atoms with Crippen LogP contribution in [0.3, 0.4) is 0 Å². The SMILES string of the molecule is Cc1nc(CNC(=O)OC(C)(C)C)sc1C(=O)Nc1ccccc1C#N. The minimum absolute atomic E-state index is 0.169. The number of nitrogens with zero attached hydrogens (tertiary/aromatic N) is 2. The molecule has 1 aromatic carbocycles. The molecule has 0 radical (unpaired) electrons. The number of aromatic nitrogens is 1. The summed E-state index contributed by atoms with van der Waals surface area (Å²) in [5, 5.41) is 15.0. The highest BCUT2D eigenvalue weighted by Gasteiger charge is 2.19. The van der Waals surface area contributed by atoms with Crippen LogP contribution in [0.15, 0.2) is 24.3 Å². The van der Waals surface area contributed by atoms with Crippen LogP contribution in [0.2, 0.25) is 0 Å². The molecule has 0 spiro atoms. The number of ether oxygens (including phenoxy) is 1. The van der Waals surface area contributed by atoms with E-state index in [0.717, 1.165) is 0 Å². The number of carbonyl (C=O) groups excluding carboxylic acids is 2. The van der Waals surface area contributed by atoms with E-state index in [0.29, 0.717) is 26.8 Å². The largest absolute Gasteiger partial charge is 0.444 e. The van der Waals surface area contributed by atoms with Crippen molar-refractivity contribution in [3.05, 3.63) is 45.4 Å². The van der Waals surface area contributed by atoms with Crippen LogP contribution in [-0.2, 0) is 11.3 Å². The third-order valence-electron chi connectivity index (χ3n) is 3.13. The zero-order valence-electron chi connectivity index (χ0n) is 15.0. The molecule has 2 amide bonds. The van der Waals surface area contributed by atoms with Crippen molar-refractivity contribution in [1.82, 2.24) is 10.3 Å². The first-order chi connectivity index (χ1) is 12.2. The van der Waals surface area contributed by atoms with Crippen LogP contribution < -0.4 is 10.6 Å². The molecule has 0 saturated carbocycles. The fourth-order valence-corrected chi connectivity index (χ4v) is 2.97. The number of hydrogen-bond donors (Lipinski definition) is 2. The summed E-state index contributed by atoms with van der Waals surface area (Å²) < 4.78 is 5.17. The van der Waals surface area contributed by atoms with Gasteiger partial charge in [0.1, 0.15) is 21.6 Å². The molecule has 0 aliphatic heterocycles. The van der Waals surface area contributed by atoms with Gasteiger partial charge in [-0.2, -0.15) is 5.26 Å². The molecule has 26 heavy (non-hydrogen) atoms. The smallest absolute Gasteiger partial charge is 0.408 e. The fraction of sp³-hybridized carbons (Fsp3) is 0.333. The molecular weight excluding hydrogens is 352 g/mol. The van der Waals surface area contributed by atoms with Crippen LogP contribution in [-0.4, -0.2) is 22.6 Å². The summed E-state index contributed by atoms with van der Waals surface area (Å²) in [7, 11) is 0. The predicted molar refractivity (Wildman–Crippen MR) is 99.0 cm³/mol. The zero-order chi connectivity index (χ0) is 19.3. The minimum Gasteiger partial charge on any atom is -0.444 e. The summed E-state index contributed by atoms with van der Waals surface area (Å²) >= 11 is 1.18. The normalized spacial score (nSPS) is 10.7. The summed E-state index contributed by atoms with van der Waals surface area (Å²) in [5.41, 5.74) is 0.807. The lowest BCUT2D eigenvalue weighted by Gasteiger charge is -2.19. The molecule has 2 N–H and O–H groups in total. The van der Waals surface area contributed by atoms with Crippen LogP contribution in [0.4, 0.5) is 10.5 Å². The first-order valence-corrected chi connectivity index (χ1v) is 8.75. The number of nitrogens with one attached hydrogen (secondary N) is 2. The topological polar surface area (TPSA) is 104 Å². The summed E-state index contributed by atoms with van der Waals surface area (Å²) in [6, 6.07) is 8.80. The van der Waals surface area contributed by atoms with Crippen molar-refractivity contribution in [3.63, 3.8) is 0 Å². The van der Waals surface area contributed by atoms with Gasteiger partial charge in [-0.15, -0.1) is 11.3 Å². The number of thiazole rings is 1. The third-order valence-corrected chi connectivity index (χ3v) is 4.28. The molecule has 8 heteroatoms. The van der Waals surface area contributed by atoms with Crippen molar-refractivity contribution in [2.75, 3.05) is 5.32 Å². The number of benzene rings is 1. The molecule has 0 fully saturated rings. The Morgan fingerprint density at radius 3 is 2.65 bits per heavy atom. The van der Waals surface area contributed by atoms with Gasteiger partial charge in [-0.1, -0.05) is 12.1 Å². The molecule has 0 unspecified atom stereocenters. The van der Waals surface area contributed by atoms with Gasteiger partial charge in [-0.3, -0.25) is 4.79 Å². The Morgan fingerprint density at radius 2 is 2.00 bits per heavy atom. The van der Waals surface area contributed by atoms with Crippen LogP contribution in [0.25, 0.3) is 0 Å². The molecule has 0 aliphatic rings. The Bertz CT molecular complexity index is 862. The van der Waals surface area contributed by atoms with Crippen molar-refractivity contribution < 1.29 is 14.3 Å². The van der Waals surface area contributed by atoms with Gasteiger partial charge < -0.3 is 15.4 Å². The van der Waals surface area contributed by atoms with E-state index in [-0.39, 0.29) is 12.5 Å². The van der Waals surface area contributed by atoms with Gasteiger partial charge in [-0.25, -0.2) is 9.78 Å². The lowest BCUT2D eigenvalue weighted by molar-refractivity contribution is 0.0523. The van der Waals surface area contributed by atoms with Crippen molar-refractivity contribution in [1.29, 1.82) is 5.26 Å². The molecular formula is C18H20N4O3S. The molecule has 0 aliphatic carbocycles. The maximum absolute atomic E-state index is 12.5. The highest BCUT2D eigenvalue weighted by atomic mass is 32.1. The van der Waals surface area contributed by atoms with E-state index < -0.39 is 11.7 Å². The van der Waals surface area contributed by atoms with E-state index in [9.17, 15) is 9.59 Å². The second-order valence-corrected chi connectivity index (χ2v) is 7.57. The van der Waals surface area contributed by atoms with Gasteiger partial charge in [0.25, 0.3) is 5.91 Å². The van der Waals surface area contributed by atoms with E-state index in [1.165, 1.54) is 11.3 Å². The number of para-hydroxylation sites is 1. The molecule has 2 aromatic rings. The lowest BCUT2D eigenvalue weighted by atomic mass is 10.2. The molecule has 0 atom stereocenters. The van der Waals surface area contributed by atoms with Crippen LogP contribution in [0.5, 0.6) is 0 Å². The first kappa shape index (κ1) is 19.4. The van der Waals surface area contributed by atoms with E-state index in [2.05, 4.69) is 15.6 Å². The number of rotatable bonds is 4. The van der Waals surface area contributed by atoms with Gasteiger partial charge in [-0.05, 0) is 39.8 Å². The molecule has 136 valence electrons. The monoisotopic (exact) mass is 372 g/mol. The number of alkyl carbamates (subject to hydrolysis) is 1. The molecule has 2 rings (SSSR count). The summed E-state index contributed by atoms with van der Waals surface area (Å²) in [4.78, 5) is 28.9. The fourth-order valence-electron chi connectivity index (χ4n) is 2.07. The van der Waals surface area contributed by atoms with E-state index >= 15 is 0 Å². The van der Waals surface area contributed by atoms with Crippen LogP contribution in [0, 0.1) is 18.3 Å². The van der Waals surface area contributed by atoms with Crippen LogP contribution >= 0.6 is 11.3 Å². The quantitative estimate of drug-likeness (QED) is 0.853. The summed E-state index contributed by atoms with van der Waals surface area (Å²) in [6.07, 6.45) is -0.542. The Labute approximate surface area is 156 Å². The number of aryl methyl sites for hydroxylation is 1. The number of nitriles is 1. The van der Waals surface area contributed by atoms with Crippen molar-refractivity contribution in [2.45, 2.75) is 39.8 Å². The van der Waals surface area contributed by atoms with Crippen molar-refractivity contribution in [2.24, 2.45) is 0 Å². The number of hydrogen-bond acceptors (Lipinski definition) is 6. The lowest BCUT2D eigenvalue weighted by Crippen LogP contribution is -2.32. The van der Waals surface area contributed by atoms with E-state index in [4.69, 9.17) is 10.00 Å². The second kappa shape index (κ2) is 7.97. The van der Waals surface area contributed by atoms with Gasteiger partial charge in [0, 0.05) is 0 Å². The molecule has 1 aromatic heterocycles. The highest BCUT2D eigenvalue weighted by molar-refractivity contribution is 7.13. The Morgan fingerprint density at radius 1 is 1.31 bits per heavy atom. The second-order valence-electron chi connectivity index (χ2n) is 6.49. The molecule has 0 bridgehead atoms. The predicted octanol–water partition coefficient (Wildman–Crippen LogP) is 3.60. The summed E-state index contributed by atoms with van der Waals surface area (Å²) in [6.45, 7) is 7.23. The van der Waals surface area contributed by atoms with Gasteiger partial charge >= 0.3 is 6.09 Å². The Balaban J connectivity index is 2.04. The van der Waals surface area contributed by atoms with Crippen molar-refractivity contribution >= 4 is 29.0 Å². The number of anilines is 1. The molecule has 0 saturated heterocycles. The van der Waals surface area contributed by atoms with Crippen LogP contribution in [0.1, 0.15) is 46.7 Å². The maximum atomic E-state index is 12.5. The number of amides is 2. The highest BCUT2D eigenvalue weighted by Crippen LogP contribution is 2.21. The molecule has 7 nitrogen and oxygen atoms in total. The first-order valence-electron chi connectivity index (χ1n) is 7.93. The van der Waals surface area contributed by atoms with Gasteiger partial charge in [0.05, 0.1) is 23.5 Å². The maximum Gasteiger partial charge on any atom is 0.408 e. The molecule has 1 heterocycles. The average Bonchev–Trinajstić information content (AvgIpc) is 2.93. The van der Waals surface area contributed by atoms with Gasteiger partial charge in [0.2, 0.25) is 0 Å². The Kier molecular flexibility index (Phi) is 5.95. The third kappa shape index (κ3) is 5.29.